The summed E-state index contributed by atoms with van der Waals surface area (Å²) in [6, 6.07) is 3.59. The summed E-state index contributed by atoms with van der Waals surface area (Å²) in [4.78, 5) is 4.10. The zero-order valence-electron chi connectivity index (χ0n) is 8.19. The van der Waals surface area contributed by atoms with Crippen molar-refractivity contribution in [3.05, 3.63) is 24.0 Å². The van der Waals surface area contributed by atoms with Crippen molar-refractivity contribution < 1.29 is 9.84 Å². The molecule has 3 heteroatoms. The molecule has 1 heterocycles. The van der Waals surface area contributed by atoms with Crippen molar-refractivity contribution in [1.82, 2.24) is 4.98 Å². The summed E-state index contributed by atoms with van der Waals surface area (Å²) in [6.07, 6.45) is 1.10. The van der Waals surface area contributed by atoms with E-state index in [1.807, 2.05) is 13.8 Å². The van der Waals surface area contributed by atoms with E-state index in [1.54, 1.807) is 25.4 Å². The zero-order chi connectivity index (χ0) is 9.84. The maximum absolute atomic E-state index is 9.77. The van der Waals surface area contributed by atoms with E-state index in [1.165, 1.54) is 0 Å². The molecule has 0 saturated heterocycles. The molecule has 0 bridgehead atoms. The Hall–Kier alpha value is -1.09. The quantitative estimate of drug-likeness (QED) is 0.772. The number of ether oxygens (including phenoxy) is 1. The van der Waals surface area contributed by atoms with E-state index >= 15 is 0 Å². The van der Waals surface area contributed by atoms with Gasteiger partial charge in [-0.2, -0.15) is 0 Å². The van der Waals surface area contributed by atoms with Gasteiger partial charge in [-0.1, -0.05) is 13.8 Å². The fourth-order valence-electron chi connectivity index (χ4n) is 1.11. The average Bonchev–Trinajstić information content (AvgIpc) is 2.16. The van der Waals surface area contributed by atoms with Crippen LogP contribution in [0.25, 0.3) is 0 Å². The predicted octanol–water partition coefficient (Wildman–Crippen LogP) is 1.78. The lowest BCUT2D eigenvalue weighted by Gasteiger charge is -2.16. The predicted molar refractivity (Wildman–Crippen MR) is 50.6 cm³/mol. The largest absolute Gasteiger partial charge is 0.495 e. The Morgan fingerprint density at radius 3 is 2.69 bits per heavy atom. The van der Waals surface area contributed by atoms with Gasteiger partial charge in [-0.15, -0.1) is 0 Å². The van der Waals surface area contributed by atoms with Crippen molar-refractivity contribution in [3.63, 3.8) is 0 Å². The van der Waals surface area contributed by atoms with E-state index < -0.39 is 6.10 Å². The molecule has 1 aromatic heterocycles. The molecule has 13 heavy (non-hydrogen) atoms. The highest BCUT2D eigenvalue weighted by Gasteiger charge is 2.17. The van der Waals surface area contributed by atoms with Crippen molar-refractivity contribution in [2.75, 3.05) is 7.11 Å². The van der Waals surface area contributed by atoms with E-state index in [2.05, 4.69) is 4.98 Å². The molecular weight excluding hydrogens is 166 g/mol. The van der Waals surface area contributed by atoms with Gasteiger partial charge in [0.25, 0.3) is 0 Å². The summed E-state index contributed by atoms with van der Waals surface area (Å²) in [7, 11) is 1.58. The number of methoxy groups -OCH3 is 1. The fourth-order valence-corrected chi connectivity index (χ4v) is 1.11. The monoisotopic (exact) mass is 181 g/mol. The number of aliphatic hydroxyl groups is 1. The molecule has 0 amide bonds. The number of rotatable bonds is 3. The molecule has 1 aromatic rings. The minimum absolute atomic E-state index is 0.142. The zero-order valence-corrected chi connectivity index (χ0v) is 8.19. The number of pyridine rings is 1. The first-order valence-corrected chi connectivity index (χ1v) is 4.33. The summed E-state index contributed by atoms with van der Waals surface area (Å²) in [6.45, 7) is 3.89. The molecule has 0 fully saturated rings. The highest BCUT2D eigenvalue weighted by molar-refractivity contribution is 5.28. The van der Waals surface area contributed by atoms with Gasteiger partial charge < -0.3 is 9.84 Å². The van der Waals surface area contributed by atoms with Gasteiger partial charge in [0.1, 0.15) is 17.5 Å². The van der Waals surface area contributed by atoms with Gasteiger partial charge in [0.15, 0.2) is 0 Å². The van der Waals surface area contributed by atoms with Gasteiger partial charge in [0.05, 0.1) is 7.11 Å². The third-order valence-corrected chi connectivity index (χ3v) is 1.93. The molecule has 0 aliphatic carbocycles. The van der Waals surface area contributed by atoms with Gasteiger partial charge in [0.2, 0.25) is 0 Å². The van der Waals surface area contributed by atoms with Crippen LogP contribution >= 0.6 is 0 Å². The Labute approximate surface area is 78.4 Å². The lowest BCUT2D eigenvalue weighted by Crippen LogP contribution is -2.09. The van der Waals surface area contributed by atoms with Crippen molar-refractivity contribution in [1.29, 1.82) is 0 Å². The standard InChI is InChI=1S/C10H15NO2/c1-7(2)10(12)9-8(13-3)5-4-6-11-9/h4-7,10,12H,1-3H3. The molecule has 0 spiro atoms. The smallest absolute Gasteiger partial charge is 0.143 e. The second-order valence-electron chi connectivity index (χ2n) is 3.28. The van der Waals surface area contributed by atoms with Crippen LogP contribution in [-0.4, -0.2) is 17.2 Å². The molecule has 1 atom stereocenters. The van der Waals surface area contributed by atoms with E-state index in [-0.39, 0.29) is 5.92 Å². The van der Waals surface area contributed by atoms with Crippen molar-refractivity contribution >= 4 is 0 Å². The van der Waals surface area contributed by atoms with Crippen LogP contribution in [0.4, 0.5) is 0 Å². The van der Waals surface area contributed by atoms with Crippen molar-refractivity contribution in [2.45, 2.75) is 20.0 Å². The van der Waals surface area contributed by atoms with E-state index in [4.69, 9.17) is 4.74 Å². The first-order valence-electron chi connectivity index (χ1n) is 4.33. The van der Waals surface area contributed by atoms with Gasteiger partial charge >= 0.3 is 0 Å². The molecule has 0 aromatic carbocycles. The van der Waals surface area contributed by atoms with Crippen molar-refractivity contribution in [2.24, 2.45) is 5.92 Å². The lowest BCUT2D eigenvalue weighted by atomic mass is 10.0. The highest BCUT2D eigenvalue weighted by atomic mass is 16.5. The van der Waals surface area contributed by atoms with Gasteiger partial charge in [-0.3, -0.25) is 4.98 Å². The van der Waals surface area contributed by atoms with Crippen LogP contribution in [0.1, 0.15) is 25.6 Å². The molecular formula is C10H15NO2. The number of hydrogen-bond acceptors (Lipinski definition) is 3. The molecule has 72 valence electrons. The Balaban J connectivity index is 2.98. The second kappa shape index (κ2) is 4.23. The molecule has 0 aliphatic heterocycles. The Bertz CT molecular complexity index is 273. The normalized spacial score (nSPS) is 13.0. The highest BCUT2D eigenvalue weighted by Crippen LogP contribution is 2.26. The van der Waals surface area contributed by atoms with E-state index in [0.717, 1.165) is 0 Å². The number of hydrogen-bond donors (Lipinski definition) is 1. The van der Waals surface area contributed by atoms with Crippen LogP contribution in [-0.2, 0) is 0 Å². The molecule has 1 unspecified atom stereocenters. The summed E-state index contributed by atoms with van der Waals surface area (Å²) in [5.74, 6) is 0.785. The van der Waals surface area contributed by atoms with E-state index in [0.29, 0.717) is 11.4 Å². The van der Waals surface area contributed by atoms with E-state index in [9.17, 15) is 5.11 Å². The second-order valence-corrected chi connectivity index (χ2v) is 3.28. The third-order valence-electron chi connectivity index (χ3n) is 1.93. The molecule has 1 N–H and O–H groups in total. The van der Waals surface area contributed by atoms with Crippen molar-refractivity contribution in [3.8, 4) is 5.75 Å². The molecule has 0 radical (unpaired) electrons. The molecule has 0 aliphatic rings. The number of aromatic nitrogens is 1. The summed E-state index contributed by atoms with van der Waals surface area (Å²) in [5.41, 5.74) is 0.611. The Morgan fingerprint density at radius 1 is 1.46 bits per heavy atom. The topological polar surface area (TPSA) is 42.4 Å². The SMILES string of the molecule is COc1cccnc1C(O)C(C)C. The summed E-state index contributed by atoms with van der Waals surface area (Å²) in [5, 5.41) is 9.77. The third kappa shape index (κ3) is 2.18. The minimum Gasteiger partial charge on any atom is -0.495 e. The van der Waals surface area contributed by atoms with Crippen LogP contribution in [0.15, 0.2) is 18.3 Å². The molecule has 3 nitrogen and oxygen atoms in total. The lowest BCUT2D eigenvalue weighted by molar-refractivity contribution is 0.119. The summed E-state index contributed by atoms with van der Waals surface area (Å²) >= 11 is 0. The first kappa shape index (κ1) is 9.99. The van der Waals surface area contributed by atoms with Crippen LogP contribution in [0.2, 0.25) is 0 Å². The Kier molecular flexibility index (Phi) is 3.25. The Morgan fingerprint density at radius 2 is 2.15 bits per heavy atom. The van der Waals surface area contributed by atoms with Gasteiger partial charge in [-0.05, 0) is 18.1 Å². The molecule has 0 saturated carbocycles. The summed E-state index contributed by atoms with van der Waals surface area (Å²) < 4.78 is 5.09. The average molecular weight is 181 g/mol. The van der Waals surface area contributed by atoms with Crippen LogP contribution in [0, 0.1) is 5.92 Å². The van der Waals surface area contributed by atoms with Crippen LogP contribution in [0.5, 0.6) is 5.75 Å². The maximum atomic E-state index is 9.77. The van der Waals surface area contributed by atoms with Gasteiger partial charge in [-0.25, -0.2) is 0 Å². The van der Waals surface area contributed by atoms with Gasteiger partial charge in [0, 0.05) is 6.20 Å². The molecule has 1 rings (SSSR count). The fraction of sp³-hybridized carbons (Fsp3) is 0.500. The van der Waals surface area contributed by atoms with Crippen LogP contribution in [0.3, 0.4) is 0 Å². The minimum atomic E-state index is -0.559. The maximum Gasteiger partial charge on any atom is 0.143 e. The number of nitrogens with zero attached hydrogens (tertiary/aromatic N) is 1. The van der Waals surface area contributed by atoms with Crippen LogP contribution < -0.4 is 4.74 Å². The number of aliphatic hydroxyl groups excluding tert-OH is 1. The first-order chi connectivity index (χ1) is 6.16.